The molecule has 5 nitrogen and oxygen atoms in total. The molecule has 1 aromatic carbocycles. The van der Waals surface area contributed by atoms with Crippen LogP contribution in [0.2, 0.25) is 0 Å². The summed E-state index contributed by atoms with van der Waals surface area (Å²) >= 11 is 5.25. The van der Waals surface area contributed by atoms with E-state index in [1.807, 2.05) is 47.9 Å². The van der Waals surface area contributed by atoms with Gasteiger partial charge in [0, 0.05) is 6.07 Å². The van der Waals surface area contributed by atoms with Crippen LogP contribution in [-0.2, 0) is 0 Å². The van der Waals surface area contributed by atoms with Crippen LogP contribution < -0.4 is 0 Å². The summed E-state index contributed by atoms with van der Waals surface area (Å²) in [6, 6.07) is 11.6. The minimum atomic E-state index is 0.525. The van der Waals surface area contributed by atoms with Crippen LogP contribution in [0.25, 0.3) is 17.2 Å². The highest BCUT2D eigenvalue weighted by molar-refractivity contribution is 7.71. The van der Waals surface area contributed by atoms with Crippen LogP contribution in [0.5, 0.6) is 0 Å². The predicted octanol–water partition coefficient (Wildman–Crippen LogP) is 2.89. The Hall–Kier alpha value is -2.21. The number of aromatic amines is 1. The van der Waals surface area contributed by atoms with E-state index in [0.717, 1.165) is 11.4 Å². The molecule has 0 aliphatic rings. The number of aromatic nitrogens is 4. The van der Waals surface area contributed by atoms with Crippen molar-refractivity contribution < 1.29 is 4.52 Å². The first-order valence-electron chi connectivity index (χ1n) is 5.42. The second-order valence-corrected chi connectivity index (χ2v) is 4.23. The number of hydrogen-bond donors (Lipinski definition) is 1. The molecule has 6 heteroatoms. The molecule has 0 fully saturated rings. The van der Waals surface area contributed by atoms with Gasteiger partial charge in [-0.05, 0) is 31.3 Å². The highest BCUT2D eigenvalue weighted by Crippen LogP contribution is 2.20. The topological polar surface area (TPSA) is 59.6 Å². The number of rotatable bonds is 2. The molecule has 90 valence electrons. The summed E-state index contributed by atoms with van der Waals surface area (Å²) < 4.78 is 7.42. The average molecular weight is 258 g/mol. The molecule has 18 heavy (non-hydrogen) atoms. The number of para-hydroxylation sites is 1. The van der Waals surface area contributed by atoms with Crippen molar-refractivity contribution in [2.24, 2.45) is 0 Å². The molecular weight excluding hydrogens is 248 g/mol. The maximum absolute atomic E-state index is 5.25. The lowest BCUT2D eigenvalue weighted by Crippen LogP contribution is -1.97. The number of aryl methyl sites for hydroxylation is 1. The third-order valence-corrected chi connectivity index (χ3v) is 2.82. The van der Waals surface area contributed by atoms with Gasteiger partial charge in [-0.25, -0.2) is 0 Å². The van der Waals surface area contributed by atoms with E-state index in [4.69, 9.17) is 16.7 Å². The summed E-state index contributed by atoms with van der Waals surface area (Å²) in [5.74, 6) is 1.38. The highest BCUT2D eigenvalue weighted by Gasteiger charge is 2.13. The van der Waals surface area contributed by atoms with E-state index in [0.29, 0.717) is 16.3 Å². The van der Waals surface area contributed by atoms with Crippen LogP contribution >= 0.6 is 12.2 Å². The minimum Gasteiger partial charge on any atom is -0.361 e. The molecule has 0 saturated heterocycles. The van der Waals surface area contributed by atoms with Crippen molar-refractivity contribution in [3.05, 3.63) is 46.9 Å². The molecule has 0 amide bonds. The molecule has 2 aromatic heterocycles. The lowest BCUT2D eigenvalue weighted by Gasteiger charge is -2.03. The number of nitrogens with zero attached hydrogens (tertiary/aromatic N) is 3. The molecule has 0 atom stereocenters. The Labute approximate surface area is 108 Å². The van der Waals surface area contributed by atoms with E-state index in [-0.39, 0.29) is 0 Å². The van der Waals surface area contributed by atoms with Crippen LogP contribution in [-0.4, -0.2) is 19.9 Å². The van der Waals surface area contributed by atoms with Gasteiger partial charge in [-0.15, -0.1) is 0 Å². The van der Waals surface area contributed by atoms with Gasteiger partial charge in [-0.3, -0.25) is 9.67 Å². The second-order valence-electron chi connectivity index (χ2n) is 3.85. The first kappa shape index (κ1) is 10.9. The Morgan fingerprint density at radius 3 is 2.72 bits per heavy atom. The average Bonchev–Trinajstić information content (AvgIpc) is 2.96. The first-order valence-corrected chi connectivity index (χ1v) is 5.83. The maximum Gasteiger partial charge on any atom is 0.200 e. The zero-order valence-electron chi connectivity index (χ0n) is 9.62. The van der Waals surface area contributed by atoms with Crippen molar-refractivity contribution in [2.45, 2.75) is 6.92 Å². The van der Waals surface area contributed by atoms with Crippen LogP contribution in [0.15, 0.2) is 40.9 Å². The van der Waals surface area contributed by atoms with Crippen LogP contribution in [0, 0.1) is 11.7 Å². The number of hydrogen-bond acceptors (Lipinski definition) is 4. The zero-order chi connectivity index (χ0) is 12.5. The summed E-state index contributed by atoms with van der Waals surface area (Å²) in [7, 11) is 0. The third-order valence-electron chi connectivity index (χ3n) is 2.54. The molecule has 0 spiro atoms. The van der Waals surface area contributed by atoms with Crippen molar-refractivity contribution in [1.82, 2.24) is 19.9 Å². The Morgan fingerprint density at radius 2 is 2.06 bits per heavy atom. The molecular formula is C12H10N4OS. The second kappa shape index (κ2) is 4.23. The number of H-pyrrole nitrogens is 1. The van der Waals surface area contributed by atoms with Gasteiger partial charge in [0.15, 0.2) is 16.3 Å². The highest BCUT2D eigenvalue weighted by atomic mass is 32.1. The van der Waals surface area contributed by atoms with Gasteiger partial charge in [0.05, 0.1) is 5.69 Å². The molecule has 0 unspecified atom stereocenters. The zero-order valence-corrected chi connectivity index (χ0v) is 10.4. The van der Waals surface area contributed by atoms with Crippen LogP contribution in [0.4, 0.5) is 0 Å². The largest absolute Gasteiger partial charge is 0.361 e. The fourth-order valence-electron chi connectivity index (χ4n) is 1.76. The minimum absolute atomic E-state index is 0.525. The fourth-order valence-corrected chi connectivity index (χ4v) is 1.99. The van der Waals surface area contributed by atoms with Gasteiger partial charge in [-0.2, -0.15) is 5.10 Å². The Kier molecular flexibility index (Phi) is 2.56. The first-order chi connectivity index (χ1) is 8.75. The van der Waals surface area contributed by atoms with E-state index in [1.165, 1.54) is 0 Å². The van der Waals surface area contributed by atoms with Gasteiger partial charge in [-0.1, -0.05) is 23.4 Å². The van der Waals surface area contributed by atoms with Crippen molar-refractivity contribution in [3.8, 4) is 17.2 Å². The Morgan fingerprint density at radius 1 is 1.28 bits per heavy atom. The van der Waals surface area contributed by atoms with E-state index < -0.39 is 0 Å². The fraction of sp³-hybridized carbons (Fsp3) is 0.0833. The smallest absolute Gasteiger partial charge is 0.200 e. The molecule has 0 radical (unpaired) electrons. The molecule has 3 rings (SSSR count). The summed E-state index contributed by atoms with van der Waals surface area (Å²) in [5, 5.41) is 10.9. The molecule has 0 bridgehead atoms. The molecule has 3 aromatic rings. The predicted molar refractivity (Wildman–Crippen MR) is 69.0 cm³/mol. The maximum atomic E-state index is 5.25. The lowest BCUT2D eigenvalue weighted by molar-refractivity contribution is 0.399. The van der Waals surface area contributed by atoms with Gasteiger partial charge < -0.3 is 4.52 Å². The van der Waals surface area contributed by atoms with Gasteiger partial charge in [0.1, 0.15) is 5.76 Å². The van der Waals surface area contributed by atoms with E-state index >= 15 is 0 Å². The Balaban J connectivity index is 2.22. The monoisotopic (exact) mass is 258 g/mol. The van der Waals surface area contributed by atoms with Crippen molar-refractivity contribution in [1.29, 1.82) is 0 Å². The Bertz CT molecular complexity index is 726. The summed E-state index contributed by atoms with van der Waals surface area (Å²) in [6.07, 6.45) is 0. The van der Waals surface area contributed by atoms with Crippen LogP contribution in [0.3, 0.4) is 0 Å². The molecule has 0 saturated carbocycles. The summed E-state index contributed by atoms with van der Waals surface area (Å²) in [5.41, 5.74) is 1.59. The van der Waals surface area contributed by atoms with Gasteiger partial charge in [0.25, 0.3) is 0 Å². The van der Waals surface area contributed by atoms with Crippen LogP contribution in [0.1, 0.15) is 5.76 Å². The normalized spacial score (nSPS) is 10.7. The third kappa shape index (κ3) is 1.76. The molecule has 0 aliphatic heterocycles. The number of nitrogens with one attached hydrogen (secondary N) is 1. The van der Waals surface area contributed by atoms with Crippen molar-refractivity contribution in [2.75, 3.05) is 0 Å². The van der Waals surface area contributed by atoms with Gasteiger partial charge in [0.2, 0.25) is 0 Å². The number of benzene rings is 1. The molecule has 2 heterocycles. The quantitative estimate of drug-likeness (QED) is 0.718. The standard InChI is InChI=1S/C12H10N4OS/c1-8-7-10(15-17-8)11-13-14-12(18)16(11)9-5-3-2-4-6-9/h2-7H,1H3,(H,14,18). The van der Waals surface area contributed by atoms with Crippen molar-refractivity contribution >= 4 is 12.2 Å². The van der Waals surface area contributed by atoms with E-state index in [1.54, 1.807) is 0 Å². The summed E-state index contributed by atoms with van der Waals surface area (Å²) in [4.78, 5) is 0. The lowest BCUT2D eigenvalue weighted by atomic mass is 10.3. The van der Waals surface area contributed by atoms with E-state index in [9.17, 15) is 0 Å². The van der Waals surface area contributed by atoms with Gasteiger partial charge >= 0.3 is 0 Å². The molecule has 1 N–H and O–H groups in total. The summed E-state index contributed by atoms with van der Waals surface area (Å²) in [6.45, 7) is 1.84. The van der Waals surface area contributed by atoms with E-state index in [2.05, 4.69) is 15.4 Å². The SMILES string of the molecule is Cc1cc(-c2n[nH]c(=S)n2-c2ccccc2)no1. The van der Waals surface area contributed by atoms with Crippen molar-refractivity contribution in [3.63, 3.8) is 0 Å². The molecule has 0 aliphatic carbocycles.